The molecule has 1 amide bonds. The SMILES string of the molecule is CCC=CCC=CCC=CCC=CCC=CCCCC(=O)NCCNP(=O)(OC)OCC1CCC(n2cnc3c(=O)[nH]cnc32)O1. The van der Waals surface area contributed by atoms with E-state index in [-0.39, 0.29) is 42.5 Å². The molecule has 0 aromatic carbocycles. The predicted octanol–water partition coefficient (Wildman–Crippen LogP) is 6.20. The summed E-state index contributed by atoms with van der Waals surface area (Å²) in [7, 11) is -2.27. The number of aromatic amines is 1. The number of allylic oxidation sites excluding steroid dienone is 10. The van der Waals surface area contributed by atoms with Crippen LogP contribution < -0.4 is 16.0 Å². The Bertz CT molecular complexity index is 1450. The van der Waals surface area contributed by atoms with Gasteiger partial charge in [-0.1, -0.05) is 67.7 Å². The molecule has 1 saturated heterocycles. The second kappa shape index (κ2) is 21.4. The van der Waals surface area contributed by atoms with E-state index in [1.165, 1.54) is 19.8 Å². The van der Waals surface area contributed by atoms with Crippen molar-refractivity contribution in [3.05, 3.63) is 83.8 Å². The van der Waals surface area contributed by atoms with Crippen LogP contribution in [0.25, 0.3) is 11.2 Å². The maximum Gasteiger partial charge on any atom is 0.405 e. The van der Waals surface area contributed by atoms with Gasteiger partial charge in [-0.15, -0.1) is 0 Å². The van der Waals surface area contributed by atoms with Crippen LogP contribution in [0.5, 0.6) is 0 Å². The monoisotopic (exact) mass is 656 g/mol. The number of nitrogens with zero attached hydrogens (tertiary/aromatic N) is 3. The van der Waals surface area contributed by atoms with Crippen molar-refractivity contribution in [2.45, 2.75) is 83.5 Å². The number of unbranched alkanes of at least 4 members (excludes halogenated alkanes) is 1. The number of carbonyl (C=O) groups excluding carboxylic acids is 1. The van der Waals surface area contributed by atoms with Gasteiger partial charge < -0.3 is 19.6 Å². The lowest BCUT2D eigenvalue weighted by molar-refractivity contribution is -0.121. The molecule has 3 rings (SSSR count). The smallest absolute Gasteiger partial charge is 0.355 e. The number of hydrogen-bond donors (Lipinski definition) is 3. The van der Waals surface area contributed by atoms with E-state index in [1.54, 1.807) is 4.57 Å². The van der Waals surface area contributed by atoms with Gasteiger partial charge >= 0.3 is 7.75 Å². The number of carbonyl (C=O) groups is 1. The number of imidazole rings is 1. The molecule has 1 aliphatic rings. The minimum atomic E-state index is -3.58. The number of fused-ring (bicyclic) bond motifs is 1. The first kappa shape index (κ1) is 37.1. The Morgan fingerprint density at radius 1 is 1.02 bits per heavy atom. The highest BCUT2D eigenvalue weighted by Crippen LogP contribution is 2.43. The van der Waals surface area contributed by atoms with Gasteiger partial charge in [0.05, 0.1) is 25.4 Å². The molecule has 0 aliphatic carbocycles. The average Bonchev–Trinajstić information content (AvgIpc) is 3.72. The highest BCUT2D eigenvalue weighted by Gasteiger charge is 2.31. The summed E-state index contributed by atoms with van der Waals surface area (Å²) < 4.78 is 31.4. The lowest BCUT2D eigenvalue weighted by Crippen LogP contribution is -2.31. The van der Waals surface area contributed by atoms with Gasteiger partial charge in [0.15, 0.2) is 11.2 Å². The van der Waals surface area contributed by atoms with E-state index < -0.39 is 7.75 Å². The molecule has 46 heavy (non-hydrogen) atoms. The summed E-state index contributed by atoms with van der Waals surface area (Å²) in [6.07, 6.45) is 32.0. The summed E-state index contributed by atoms with van der Waals surface area (Å²) in [5, 5.41) is 5.60. The lowest BCUT2D eigenvalue weighted by Gasteiger charge is -2.20. The van der Waals surface area contributed by atoms with E-state index in [4.69, 9.17) is 13.8 Å². The molecular formula is C33H49N6O6P. The molecule has 2 aromatic rings. The van der Waals surface area contributed by atoms with Crippen LogP contribution in [-0.4, -0.2) is 58.3 Å². The van der Waals surface area contributed by atoms with Crippen LogP contribution in [0.2, 0.25) is 0 Å². The number of hydrogen-bond acceptors (Lipinski definition) is 8. The fourth-order valence-corrected chi connectivity index (χ4v) is 5.74. The van der Waals surface area contributed by atoms with Crippen LogP contribution in [0.15, 0.2) is 78.2 Å². The zero-order valence-electron chi connectivity index (χ0n) is 27.0. The molecule has 13 heteroatoms. The highest BCUT2D eigenvalue weighted by atomic mass is 31.2. The Balaban J connectivity index is 1.20. The van der Waals surface area contributed by atoms with Crippen molar-refractivity contribution in [1.29, 1.82) is 0 Å². The molecule has 1 fully saturated rings. The van der Waals surface area contributed by atoms with Gasteiger partial charge in [0.1, 0.15) is 6.23 Å². The van der Waals surface area contributed by atoms with E-state index in [9.17, 15) is 14.2 Å². The fourth-order valence-electron chi connectivity index (χ4n) is 4.66. The summed E-state index contributed by atoms with van der Waals surface area (Å²) in [5.41, 5.74) is 0.373. The zero-order chi connectivity index (χ0) is 32.9. The van der Waals surface area contributed by atoms with E-state index in [2.05, 4.69) is 93.0 Å². The van der Waals surface area contributed by atoms with Crippen molar-refractivity contribution < 1.29 is 23.1 Å². The number of amides is 1. The minimum Gasteiger partial charge on any atom is -0.355 e. The van der Waals surface area contributed by atoms with Gasteiger partial charge in [0.2, 0.25) is 5.91 Å². The minimum absolute atomic E-state index is 0.0530. The van der Waals surface area contributed by atoms with E-state index in [1.807, 2.05) is 0 Å². The van der Waals surface area contributed by atoms with Crippen LogP contribution in [0, 0.1) is 0 Å². The molecule has 0 bridgehead atoms. The van der Waals surface area contributed by atoms with Gasteiger partial charge in [0, 0.05) is 26.6 Å². The van der Waals surface area contributed by atoms with Crippen molar-refractivity contribution in [2.75, 3.05) is 26.8 Å². The summed E-state index contributed by atoms with van der Waals surface area (Å²) in [5.74, 6) is -0.0591. The van der Waals surface area contributed by atoms with Gasteiger partial charge in [-0.05, 0) is 57.8 Å². The lowest BCUT2D eigenvalue weighted by atomic mass is 10.2. The first-order valence-electron chi connectivity index (χ1n) is 16.1. The first-order valence-corrected chi connectivity index (χ1v) is 17.6. The van der Waals surface area contributed by atoms with Gasteiger partial charge in [-0.25, -0.2) is 19.6 Å². The van der Waals surface area contributed by atoms with Crippen LogP contribution >= 0.6 is 7.75 Å². The standard InChI is InChI=1S/C33H49N6O6P/c1-3-4-5-6-7-8-9-10-11-12-13-14-15-16-17-18-19-20-29(40)34-23-24-38-46(42,43-2)44-25-28-21-22-30(45-28)39-27-37-31-32(39)35-26-36-33(31)41/h4-5,7-8,10-11,13-14,16-17,26-28,30H,3,6,9,12,15,18-25H2,1-2H3,(H,34,40)(H,38,42)(H,35,36,41). The average molecular weight is 657 g/mol. The third-order valence-corrected chi connectivity index (χ3v) is 8.70. The third-order valence-electron chi connectivity index (χ3n) is 7.12. The van der Waals surface area contributed by atoms with Crippen LogP contribution in [0.1, 0.15) is 77.4 Å². The maximum absolute atomic E-state index is 12.9. The topological polar surface area (TPSA) is 149 Å². The number of rotatable bonds is 22. The van der Waals surface area contributed by atoms with Crippen molar-refractivity contribution in [3.63, 3.8) is 0 Å². The van der Waals surface area contributed by atoms with Crippen molar-refractivity contribution >= 4 is 24.8 Å². The van der Waals surface area contributed by atoms with Gasteiger partial charge in [-0.3, -0.25) is 18.7 Å². The summed E-state index contributed by atoms with van der Waals surface area (Å²) in [6.45, 7) is 2.71. The Hall–Kier alpha value is -3.41. The Labute approximate surface area is 271 Å². The second-order valence-electron chi connectivity index (χ2n) is 10.7. The summed E-state index contributed by atoms with van der Waals surface area (Å²) in [4.78, 5) is 34.9. The number of ether oxygens (including phenoxy) is 1. The van der Waals surface area contributed by atoms with E-state index >= 15 is 0 Å². The highest BCUT2D eigenvalue weighted by molar-refractivity contribution is 7.51. The van der Waals surface area contributed by atoms with Crippen molar-refractivity contribution in [3.8, 4) is 0 Å². The van der Waals surface area contributed by atoms with Crippen molar-refractivity contribution in [2.24, 2.45) is 0 Å². The molecular weight excluding hydrogens is 607 g/mol. The largest absolute Gasteiger partial charge is 0.405 e. The van der Waals surface area contributed by atoms with Crippen LogP contribution in [-0.2, 0) is 23.1 Å². The summed E-state index contributed by atoms with van der Waals surface area (Å²) in [6, 6.07) is 0. The molecule has 252 valence electrons. The number of nitrogens with one attached hydrogen (secondary N) is 3. The van der Waals surface area contributed by atoms with Gasteiger partial charge in [-0.2, -0.15) is 0 Å². The molecule has 0 radical (unpaired) electrons. The van der Waals surface area contributed by atoms with Gasteiger partial charge in [0.25, 0.3) is 5.56 Å². The van der Waals surface area contributed by atoms with E-state index in [0.717, 1.165) is 44.9 Å². The van der Waals surface area contributed by atoms with Crippen molar-refractivity contribution in [1.82, 2.24) is 29.9 Å². The summed E-state index contributed by atoms with van der Waals surface area (Å²) >= 11 is 0. The maximum atomic E-state index is 12.9. The molecule has 1 aliphatic heterocycles. The quantitative estimate of drug-likeness (QED) is 0.0765. The van der Waals surface area contributed by atoms with Crippen LogP contribution in [0.3, 0.4) is 0 Å². The van der Waals surface area contributed by atoms with E-state index in [0.29, 0.717) is 31.5 Å². The predicted molar refractivity (Wildman–Crippen MR) is 181 cm³/mol. The molecule has 3 atom stereocenters. The molecule has 12 nitrogen and oxygen atoms in total. The Morgan fingerprint density at radius 2 is 1.70 bits per heavy atom. The molecule has 0 spiro atoms. The van der Waals surface area contributed by atoms with Crippen LogP contribution in [0.4, 0.5) is 0 Å². The first-order chi connectivity index (χ1) is 22.5. The normalized spacial score (nSPS) is 18.7. The number of aromatic nitrogens is 4. The molecule has 3 N–H and O–H groups in total. The number of H-pyrrole nitrogens is 1. The molecule has 3 heterocycles. The fraction of sp³-hybridized carbons (Fsp3) is 0.515. The Kier molecular flexibility index (Phi) is 17.2. The Morgan fingerprint density at radius 3 is 2.37 bits per heavy atom. The molecule has 0 saturated carbocycles. The zero-order valence-corrected chi connectivity index (χ0v) is 27.9. The second-order valence-corrected chi connectivity index (χ2v) is 12.6. The third kappa shape index (κ3) is 13.5. The molecule has 2 aromatic heterocycles. The molecule has 3 unspecified atom stereocenters.